The number of piperazine rings is 1. The molecule has 88 valence electrons. The van der Waals surface area contributed by atoms with Gasteiger partial charge in [0.05, 0.1) is 0 Å². The fraction of sp³-hybridized carbons (Fsp3) is 0.538. The maximum atomic E-state index is 3.67. The molecule has 1 fully saturated rings. The Morgan fingerprint density at radius 3 is 2.62 bits per heavy atom. The van der Waals surface area contributed by atoms with E-state index < -0.39 is 0 Å². The number of rotatable bonds is 2. The molecule has 1 saturated heterocycles. The number of halogens is 1. The van der Waals surface area contributed by atoms with E-state index in [0.717, 1.165) is 26.2 Å². The Balaban J connectivity index is 2.15. The first kappa shape index (κ1) is 12.1. The molecule has 0 aromatic heterocycles. The molecule has 0 saturated carbocycles. The standard InChI is InChI=1S/C13H19BrN2/c1-10-3-4-12(13(14)9-10)11(2)16-7-5-15-6-8-16/h3-4,9,11,15H,5-8H2,1-2H3/t11-/m1/s1. The van der Waals surface area contributed by atoms with Gasteiger partial charge in [-0.25, -0.2) is 0 Å². The van der Waals surface area contributed by atoms with Crippen molar-refractivity contribution >= 4 is 15.9 Å². The topological polar surface area (TPSA) is 15.3 Å². The molecule has 0 amide bonds. The molecule has 0 bridgehead atoms. The minimum absolute atomic E-state index is 0.497. The van der Waals surface area contributed by atoms with Gasteiger partial charge < -0.3 is 5.32 Å². The van der Waals surface area contributed by atoms with Gasteiger partial charge in [0.1, 0.15) is 0 Å². The number of nitrogens with zero attached hydrogens (tertiary/aromatic N) is 1. The molecule has 0 spiro atoms. The van der Waals surface area contributed by atoms with E-state index in [1.807, 2.05) is 0 Å². The van der Waals surface area contributed by atoms with E-state index in [-0.39, 0.29) is 0 Å². The zero-order chi connectivity index (χ0) is 11.5. The molecule has 0 aliphatic carbocycles. The van der Waals surface area contributed by atoms with Gasteiger partial charge in [0.25, 0.3) is 0 Å². The second-order valence-corrected chi connectivity index (χ2v) is 5.34. The number of benzene rings is 1. The van der Waals surface area contributed by atoms with Crippen molar-refractivity contribution in [2.75, 3.05) is 26.2 Å². The van der Waals surface area contributed by atoms with Gasteiger partial charge in [0.2, 0.25) is 0 Å². The number of aryl methyl sites for hydroxylation is 1. The molecule has 16 heavy (non-hydrogen) atoms. The molecule has 1 atom stereocenters. The minimum atomic E-state index is 0.497. The molecule has 2 nitrogen and oxygen atoms in total. The van der Waals surface area contributed by atoms with Crippen molar-refractivity contribution in [1.29, 1.82) is 0 Å². The van der Waals surface area contributed by atoms with Crippen molar-refractivity contribution in [3.63, 3.8) is 0 Å². The predicted molar refractivity (Wildman–Crippen MR) is 71.7 cm³/mol. The molecule has 0 unspecified atom stereocenters. The highest BCUT2D eigenvalue weighted by atomic mass is 79.9. The molecule has 2 rings (SSSR count). The Bertz CT molecular complexity index is 359. The Hall–Kier alpha value is -0.380. The third-order valence-corrected chi connectivity index (χ3v) is 3.99. The summed E-state index contributed by atoms with van der Waals surface area (Å²) in [5.74, 6) is 0. The van der Waals surface area contributed by atoms with Gasteiger partial charge in [-0.05, 0) is 31.0 Å². The van der Waals surface area contributed by atoms with Crippen LogP contribution < -0.4 is 5.32 Å². The molecule has 1 N–H and O–H groups in total. The van der Waals surface area contributed by atoms with Crippen LogP contribution in [0.3, 0.4) is 0 Å². The van der Waals surface area contributed by atoms with Crippen LogP contribution in [-0.4, -0.2) is 31.1 Å². The van der Waals surface area contributed by atoms with Crippen LogP contribution in [0, 0.1) is 6.92 Å². The molecular formula is C13H19BrN2. The maximum Gasteiger partial charge on any atom is 0.0332 e. The second kappa shape index (κ2) is 5.30. The van der Waals surface area contributed by atoms with E-state index in [1.54, 1.807) is 0 Å². The van der Waals surface area contributed by atoms with E-state index in [4.69, 9.17) is 0 Å². The van der Waals surface area contributed by atoms with Crippen molar-refractivity contribution in [3.05, 3.63) is 33.8 Å². The molecule has 3 heteroatoms. The van der Waals surface area contributed by atoms with Gasteiger partial charge in [-0.15, -0.1) is 0 Å². The van der Waals surface area contributed by atoms with Gasteiger partial charge >= 0.3 is 0 Å². The highest BCUT2D eigenvalue weighted by Crippen LogP contribution is 2.28. The van der Waals surface area contributed by atoms with Crippen molar-refractivity contribution in [3.8, 4) is 0 Å². The van der Waals surface area contributed by atoms with Gasteiger partial charge in [0.15, 0.2) is 0 Å². The lowest BCUT2D eigenvalue weighted by Crippen LogP contribution is -2.44. The van der Waals surface area contributed by atoms with Gasteiger partial charge in [-0.2, -0.15) is 0 Å². The summed E-state index contributed by atoms with van der Waals surface area (Å²) in [7, 11) is 0. The van der Waals surface area contributed by atoms with Crippen molar-refractivity contribution in [1.82, 2.24) is 10.2 Å². The number of hydrogen-bond acceptors (Lipinski definition) is 2. The SMILES string of the molecule is Cc1ccc([C@@H](C)N2CCNCC2)c(Br)c1. The summed E-state index contributed by atoms with van der Waals surface area (Å²) in [5.41, 5.74) is 2.70. The monoisotopic (exact) mass is 282 g/mol. The summed E-state index contributed by atoms with van der Waals surface area (Å²) < 4.78 is 1.23. The van der Waals surface area contributed by atoms with Crippen molar-refractivity contribution in [2.24, 2.45) is 0 Å². The van der Waals surface area contributed by atoms with Gasteiger partial charge in [-0.1, -0.05) is 28.1 Å². The molecule has 1 aromatic carbocycles. The van der Waals surface area contributed by atoms with E-state index >= 15 is 0 Å². The van der Waals surface area contributed by atoms with Gasteiger partial charge in [0, 0.05) is 36.7 Å². The van der Waals surface area contributed by atoms with E-state index in [1.165, 1.54) is 15.6 Å². The minimum Gasteiger partial charge on any atom is -0.314 e. The van der Waals surface area contributed by atoms with Crippen LogP contribution in [0.2, 0.25) is 0 Å². The summed E-state index contributed by atoms with van der Waals surface area (Å²) in [6.45, 7) is 8.91. The third kappa shape index (κ3) is 2.65. The lowest BCUT2D eigenvalue weighted by atomic mass is 10.0. The average Bonchev–Trinajstić information content (AvgIpc) is 2.29. The fourth-order valence-corrected chi connectivity index (χ4v) is 3.06. The number of hydrogen-bond donors (Lipinski definition) is 1. The van der Waals surface area contributed by atoms with E-state index in [9.17, 15) is 0 Å². The molecule has 0 radical (unpaired) electrons. The van der Waals surface area contributed by atoms with Crippen LogP contribution in [0.4, 0.5) is 0 Å². The Kier molecular flexibility index (Phi) is 4.00. The number of nitrogens with one attached hydrogen (secondary N) is 1. The Labute approximate surface area is 106 Å². The summed E-state index contributed by atoms with van der Waals surface area (Å²) in [6.07, 6.45) is 0. The third-order valence-electron chi connectivity index (χ3n) is 3.31. The zero-order valence-electron chi connectivity index (χ0n) is 9.96. The maximum absolute atomic E-state index is 3.67. The quantitative estimate of drug-likeness (QED) is 0.897. The first-order chi connectivity index (χ1) is 7.68. The van der Waals surface area contributed by atoms with Crippen molar-refractivity contribution in [2.45, 2.75) is 19.9 Å². The second-order valence-electron chi connectivity index (χ2n) is 4.49. The summed E-state index contributed by atoms with van der Waals surface area (Å²) >= 11 is 3.67. The van der Waals surface area contributed by atoms with Crippen LogP contribution in [-0.2, 0) is 0 Å². The van der Waals surface area contributed by atoms with E-state index in [2.05, 4.69) is 58.2 Å². The first-order valence-electron chi connectivity index (χ1n) is 5.89. The molecule has 1 aliphatic rings. The predicted octanol–water partition coefficient (Wildman–Crippen LogP) is 2.72. The summed E-state index contributed by atoms with van der Waals surface area (Å²) in [5, 5.41) is 3.39. The summed E-state index contributed by atoms with van der Waals surface area (Å²) in [6, 6.07) is 7.14. The zero-order valence-corrected chi connectivity index (χ0v) is 11.5. The largest absolute Gasteiger partial charge is 0.314 e. The lowest BCUT2D eigenvalue weighted by molar-refractivity contribution is 0.185. The first-order valence-corrected chi connectivity index (χ1v) is 6.68. The molecular weight excluding hydrogens is 264 g/mol. The summed E-state index contributed by atoms with van der Waals surface area (Å²) in [4.78, 5) is 2.53. The van der Waals surface area contributed by atoms with Crippen LogP contribution in [0.1, 0.15) is 24.1 Å². The molecule has 1 heterocycles. The highest BCUT2D eigenvalue weighted by Gasteiger charge is 2.19. The highest BCUT2D eigenvalue weighted by molar-refractivity contribution is 9.10. The smallest absolute Gasteiger partial charge is 0.0332 e. The molecule has 1 aliphatic heterocycles. The van der Waals surface area contributed by atoms with Crippen LogP contribution in [0.5, 0.6) is 0 Å². The average molecular weight is 283 g/mol. The van der Waals surface area contributed by atoms with Gasteiger partial charge in [-0.3, -0.25) is 4.90 Å². The van der Waals surface area contributed by atoms with Crippen molar-refractivity contribution < 1.29 is 0 Å². The van der Waals surface area contributed by atoms with Crippen LogP contribution >= 0.6 is 15.9 Å². The normalized spacial score (nSPS) is 19.7. The Morgan fingerprint density at radius 1 is 1.31 bits per heavy atom. The molecule has 1 aromatic rings. The lowest BCUT2D eigenvalue weighted by Gasteiger charge is -2.33. The Morgan fingerprint density at radius 2 is 2.00 bits per heavy atom. The van der Waals surface area contributed by atoms with Crippen LogP contribution in [0.25, 0.3) is 0 Å². The van der Waals surface area contributed by atoms with Crippen LogP contribution in [0.15, 0.2) is 22.7 Å². The fourth-order valence-electron chi connectivity index (χ4n) is 2.24. The van der Waals surface area contributed by atoms with E-state index in [0.29, 0.717) is 6.04 Å².